The van der Waals surface area contributed by atoms with Gasteiger partial charge in [0.1, 0.15) is 9.88 Å². The van der Waals surface area contributed by atoms with Crippen molar-refractivity contribution in [1.29, 1.82) is 0 Å². The van der Waals surface area contributed by atoms with E-state index in [1.54, 1.807) is 24.7 Å². The maximum absolute atomic E-state index is 12.4. The van der Waals surface area contributed by atoms with Gasteiger partial charge in [0, 0.05) is 19.2 Å². The molecular weight excluding hydrogens is 406 g/mol. The van der Waals surface area contributed by atoms with Crippen molar-refractivity contribution in [2.45, 2.75) is 40.2 Å². The molecule has 0 aliphatic rings. The second-order valence-electron chi connectivity index (χ2n) is 6.01. The highest BCUT2D eigenvalue weighted by molar-refractivity contribution is 7.18. The molecule has 2 heterocycles. The van der Waals surface area contributed by atoms with Crippen LogP contribution in [-0.2, 0) is 20.8 Å². The van der Waals surface area contributed by atoms with E-state index in [-0.39, 0.29) is 34.4 Å². The lowest BCUT2D eigenvalue weighted by Crippen LogP contribution is -2.17. The van der Waals surface area contributed by atoms with E-state index < -0.39 is 11.9 Å². The number of carbonyl (C=O) groups excluding carboxylic acids is 3. The fourth-order valence-corrected chi connectivity index (χ4v) is 3.69. The zero-order chi connectivity index (χ0) is 20.8. The SMILES string of the molecule is CCCOC(=O)c1c(NC(=O)CCn2cc(Cl)c(C)n2)sc(C(=O)OC)c1C. The largest absolute Gasteiger partial charge is 0.465 e. The number of methoxy groups -OCH3 is 1. The average Bonchev–Trinajstić information content (AvgIpc) is 3.16. The van der Waals surface area contributed by atoms with E-state index in [4.69, 9.17) is 21.1 Å². The number of nitrogens with one attached hydrogen (secondary N) is 1. The summed E-state index contributed by atoms with van der Waals surface area (Å²) in [4.78, 5) is 37.0. The Labute approximate surface area is 171 Å². The van der Waals surface area contributed by atoms with Crippen LogP contribution in [0.25, 0.3) is 0 Å². The summed E-state index contributed by atoms with van der Waals surface area (Å²) in [6.07, 6.45) is 2.42. The minimum absolute atomic E-state index is 0.116. The number of esters is 2. The molecule has 0 saturated carbocycles. The van der Waals surface area contributed by atoms with Crippen molar-refractivity contribution in [1.82, 2.24) is 9.78 Å². The lowest BCUT2D eigenvalue weighted by atomic mass is 10.1. The standard InChI is InChI=1S/C18H22ClN3O5S/c1-5-8-27-17(24)14-10(2)15(18(25)26-4)28-16(14)20-13(23)6-7-22-9-12(19)11(3)21-22/h9H,5-8H2,1-4H3,(H,20,23). The monoisotopic (exact) mass is 427 g/mol. The Morgan fingerprint density at radius 2 is 2.00 bits per heavy atom. The van der Waals surface area contributed by atoms with Crippen molar-refractivity contribution in [3.05, 3.63) is 32.9 Å². The first-order valence-electron chi connectivity index (χ1n) is 8.66. The number of hydrogen-bond acceptors (Lipinski definition) is 7. The number of ether oxygens (including phenoxy) is 2. The fraction of sp³-hybridized carbons (Fsp3) is 0.444. The lowest BCUT2D eigenvalue weighted by Gasteiger charge is -2.08. The van der Waals surface area contributed by atoms with Gasteiger partial charge in [0.05, 0.1) is 30.0 Å². The zero-order valence-electron chi connectivity index (χ0n) is 16.1. The highest BCUT2D eigenvalue weighted by Gasteiger charge is 2.27. The average molecular weight is 428 g/mol. The molecule has 28 heavy (non-hydrogen) atoms. The van der Waals surface area contributed by atoms with Gasteiger partial charge in [-0.2, -0.15) is 5.10 Å². The molecule has 2 aromatic heterocycles. The quantitative estimate of drug-likeness (QED) is 0.646. The van der Waals surface area contributed by atoms with Crippen molar-refractivity contribution in [3.8, 4) is 0 Å². The smallest absolute Gasteiger partial charge is 0.348 e. The Kier molecular flexibility index (Phi) is 7.59. The first-order valence-corrected chi connectivity index (χ1v) is 9.86. The number of amides is 1. The molecule has 2 aromatic rings. The molecule has 0 atom stereocenters. The Bertz CT molecular complexity index is 871. The second kappa shape index (κ2) is 9.70. The fourth-order valence-electron chi connectivity index (χ4n) is 2.41. The molecule has 1 amide bonds. The van der Waals surface area contributed by atoms with Gasteiger partial charge in [0.25, 0.3) is 0 Å². The Morgan fingerprint density at radius 1 is 1.29 bits per heavy atom. The van der Waals surface area contributed by atoms with Crippen LogP contribution in [0.2, 0.25) is 5.02 Å². The molecule has 0 saturated heterocycles. The Balaban J connectivity index is 2.18. The Morgan fingerprint density at radius 3 is 2.57 bits per heavy atom. The van der Waals surface area contributed by atoms with E-state index in [2.05, 4.69) is 10.4 Å². The zero-order valence-corrected chi connectivity index (χ0v) is 17.7. The lowest BCUT2D eigenvalue weighted by molar-refractivity contribution is -0.116. The maximum Gasteiger partial charge on any atom is 0.348 e. The van der Waals surface area contributed by atoms with Crippen LogP contribution in [0.15, 0.2) is 6.20 Å². The van der Waals surface area contributed by atoms with Crippen LogP contribution in [0.5, 0.6) is 0 Å². The summed E-state index contributed by atoms with van der Waals surface area (Å²) in [5, 5.41) is 7.68. The van der Waals surface area contributed by atoms with E-state index in [0.29, 0.717) is 29.2 Å². The predicted octanol–water partition coefficient (Wildman–Crippen LogP) is 3.60. The number of carbonyl (C=O) groups is 3. The molecule has 152 valence electrons. The van der Waals surface area contributed by atoms with Crippen LogP contribution in [0.4, 0.5) is 5.00 Å². The summed E-state index contributed by atoms with van der Waals surface area (Å²) in [6, 6.07) is 0. The number of hydrogen-bond donors (Lipinski definition) is 1. The van der Waals surface area contributed by atoms with E-state index in [0.717, 1.165) is 11.3 Å². The second-order valence-corrected chi connectivity index (χ2v) is 7.44. The molecule has 0 aliphatic carbocycles. The van der Waals surface area contributed by atoms with Crippen LogP contribution in [0.1, 0.15) is 51.1 Å². The third kappa shape index (κ3) is 5.11. The summed E-state index contributed by atoms with van der Waals surface area (Å²) in [6.45, 7) is 5.84. The number of halogens is 1. The molecule has 0 aliphatic heterocycles. The van der Waals surface area contributed by atoms with Crippen LogP contribution >= 0.6 is 22.9 Å². The van der Waals surface area contributed by atoms with Crippen LogP contribution in [0, 0.1) is 13.8 Å². The van der Waals surface area contributed by atoms with Gasteiger partial charge in [-0.15, -0.1) is 11.3 Å². The van der Waals surface area contributed by atoms with Gasteiger partial charge in [0.2, 0.25) is 5.91 Å². The summed E-state index contributed by atoms with van der Waals surface area (Å²) in [5.74, 6) is -1.49. The van der Waals surface area contributed by atoms with E-state index >= 15 is 0 Å². The van der Waals surface area contributed by atoms with Crippen molar-refractivity contribution in [2.75, 3.05) is 19.0 Å². The van der Waals surface area contributed by atoms with E-state index in [1.807, 2.05) is 6.92 Å². The molecule has 10 heteroatoms. The van der Waals surface area contributed by atoms with Crippen LogP contribution in [0.3, 0.4) is 0 Å². The molecule has 2 rings (SSSR count). The van der Waals surface area contributed by atoms with Crippen LogP contribution < -0.4 is 5.32 Å². The molecule has 0 radical (unpaired) electrons. The summed E-state index contributed by atoms with van der Waals surface area (Å²) < 4.78 is 11.5. The molecule has 0 bridgehead atoms. The number of thiophene rings is 1. The number of aryl methyl sites for hydroxylation is 2. The minimum atomic E-state index is -0.587. The maximum atomic E-state index is 12.4. The molecule has 0 unspecified atom stereocenters. The predicted molar refractivity (Wildman–Crippen MR) is 106 cm³/mol. The van der Waals surface area contributed by atoms with Crippen LogP contribution in [-0.4, -0.2) is 41.3 Å². The van der Waals surface area contributed by atoms with Gasteiger partial charge < -0.3 is 14.8 Å². The van der Waals surface area contributed by atoms with Gasteiger partial charge in [-0.3, -0.25) is 9.48 Å². The van der Waals surface area contributed by atoms with E-state index in [9.17, 15) is 14.4 Å². The number of rotatable bonds is 8. The summed E-state index contributed by atoms with van der Waals surface area (Å²) >= 11 is 6.94. The van der Waals surface area contributed by atoms with Gasteiger partial charge in [-0.25, -0.2) is 9.59 Å². The van der Waals surface area contributed by atoms with Crippen molar-refractivity contribution < 1.29 is 23.9 Å². The number of nitrogens with zero attached hydrogens (tertiary/aromatic N) is 2. The van der Waals surface area contributed by atoms with Crippen molar-refractivity contribution in [2.24, 2.45) is 0 Å². The normalized spacial score (nSPS) is 10.6. The molecule has 0 fully saturated rings. The first kappa shape index (κ1) is 21.9. The molecule has 1 N–H and O–H groups in total. The molecule has 0 aromatic carbocycles. The summed E-state index contributed by atoms with van der Waals surface area (Å²) in [5.41, 5.74) is 1.27. The van der Waals surface area contributed by atoms with E-state index in [1.165, 1.54) is 7.11 Å². The van der Waals surface area contributed by atoms with Gasteiger partial charge in [-0.05, 0) is 25.8 Å². The minimum Gasteiger partial charge on any atom is -0.465 e. The molecule has 8 nitrogen and oxygen atoms in total. The number of aromatic nitrogens is 2. The highest BCUT2D eigenvalue weighted by atomic mass is 35.5. The Hall–Kier alpha value is -2.39. The number of anilines is 1. The first-order chi connectivity index (χ1) is 13.3. The molecule has 0 spiro atoms. The summed E-state index contributed by atoms with van der Waals surface area (Å²) in [7, 11) is 1.26. The molecular formula is C18H22ClN3O5S. The van der Waals surface area contributed by atoms with Crippen molar-refractivity contribution >= 4 is 45.8 Å². The highest BCUT2D eigenvalue weighted by Crippen LogP contribution is 2.34. The van der Waals surface area contributed by atoms with Crippen molar-refractivity contribution in [3.63, 3.8) is 0 Å². The van der Waals surface area contributed by atoms with Gasteiger partial charge in [-0.1, -0.05) is 18.5 Å². The third-order valence-corrected chi connectivity index (χ3v) is 5.42. The van der Waals surface area contributed by atoms with Gasteiger partial charge >= 0.3 is 11.9 Å². The topological polar surface area (TPSA) is 99.5 Å². The third-order valence-electron chi connectivity index (χ3n) is 3.87. The van der Waals surface area contributed by atoms with Gasteiger partial charge in [0.15, 0.2) is 0 Å².